The fraction of sp³-hybridized carbons (Fsp3) is 0.300. The monoisotopic (exact) mass is 1000 g/mol. The number of nitrogens with two attached hydrogens (primary N) is 2. The molecule has 2 fully saturated rings. The van der Waals surface area contributed by atoms with Gasteiger partial charge in [0.05, 0.1) is 36.5 Å². The topological polar surface area (TPSA) is 133 Å². The molecule has 10 rings (SSSR count). The summed E-state index contributed by atoms with van der Waals surface area (Å²) in [6.07, 6.45) is 11.6. The number of hydrogen-bond acceptors (Lipinski definition) is 10. The maximum atomic E-state index is 6.66. The van der Waals surface area contributed by atoms with Crippen LogP contribution in [0.4, 0.5) is 0 Å². The van der Waals surface area contributed by atoms with Crippen LogP contribution in [0.15, 0.2) is 158 Å². The van der Waals surface area contributed by atoms with Gasteiger partial charge in [0.25, 0.3) is 0 Å². The summed E-state index contributed by atoms with van der Waals surface area (Å²) >= 11 is 13.3. The van der Waals surface area contributed by atoms with E-state index in [1.807, 2.05) is 121 Å². The zero-order valence-electron chi connectivity index (χ0n) is 40.8. The number of nitrogens with zero attached hydrogens (tertiary/aromatic N) is 2. The van der Waals surface area contributed by atoms with Gasteiger partial charge in [-0.2, -0.15) is 0 Å². The zero-order chi connectivity index (χ0) is 49.8. The number of methoxy groups -OCH3 is 2. The number of hydrogen-bond donors (Lipinski definition) is 2. The molecule has 4 N–H and O–H groups in total. The Bertz CT molecular complexity index is 2780. The second kappa shape index (κ2) is 24.2. The van der Waals surface area contributed by atoms with Gasteiger partial charge in [-0.25, -0.2) is 9.97 Å². The first-order chi connectivity index (χ1) is 35.2. The molecular weight excluding hydrogens is 944 g/mol. The molecule has 0 amide bonds. The molecule has 6 aromatic carbocycles. The lowest BCUT2D eigenvalue weighted by Gasteiger charge is -2.32. The Morgan fingerprint density at radius 3 is 1.22 bits per heavy atom. The van der Waals surface area contributed by atoms with Crippen molar-refractivity contribution < 1.29 is 28.4 Å². The van der Waals surface area contributed by atoms with Crippen molar-refractivity contribution in [3.05, 3.63) is 190 Å². The van der Waals surface area contributed by atoms with Gasteiger partial charge >= 0.3 is 0 Å². The first-order valence-corrected chi connectivity index (χ1v) is 25.6. The first kappa shape index (κ1) is 50.4. The Hall–Kier alpha value is -6.56. The summed E-state index contributed by atoms with van der Waals surface area (Å²) < 4.78 is 35.3. The van der Waals surface area contributed by atoms with Gasteiger partial charge in [0.15, 0.2) is 0 Å². The van der Waals surface area contributed by atoms with Gasteiger partial charge in [0, 0.05) is 35.2 Å². The van der Waals surface area contributed by atoms with E-state index in [9.17, 15) is 0 Å². The molecule has 2 aromatic heterocycles. The van der Waals surface area contributed by atoms with Crippen molar-refractivity contribution in [1.29, 1.82) is 0 Å². The minimum Gasteiger partial charge on any atom is -0.497 e. The number of fused-ring (bicyclic) bond motifs is 2. The Morgan fingerprint density at radius 1 is 0.486 bits per heavy atom. The van der Waals surface area contributed by atoms with Crippen LogP contribution >= 0.6 is 23.2 Å². The summed E-state index contributed by atoms with van der Waals surface area (Å²) in [5.41, 5.74) is 17.7. The normalized spacial score (nSPS) is 18.5. The van der Waals surface area contributed by atoms with Crippen LogP contribution in [0.1, 0.15) is 85.7 Å². The van der Waals surface area contributed by atoms with Gasteiger partial charge in [-0.1, -0.05) is 108 Å². The average molecular weight is 1010 g/mol. The molecule has 2 saturated carbocycles. The van der Waals surface area contributed by atoms with Gasteiger partial charge in [0.1, 0.15) is 36.2 Å². The summed E-state index contributed by atoms with van der Waals surface area (Å²) in [5, 5.41) is 4.86. The van der Waals surface area contributed by atoms with E-state index in [0.717, 1.165) is 107 Å². The van der Waals surface area contributed by atoms with Crippen LogP contribution in [-0.2, 0) is 13.2 Å². The SMILES string of the molecule is COc1ccc(C(N)C2CCC(Oc3cc4ccnc(OCc5ccccc5)c4cc3Cl)CC2)cc1.COc1ccc(C(N)C2CCC(Oc3cc4ccnc(OCc5ccccc5)c4cc3Cl)CC2)cc1. The summed E-state index contributed by atoms with van der Waals surface area (Å²) in [6.45, 7) is 0.898. The number of benzene rings is 6. The lowest BCUT2D eigenvalue weighted by Crippen LogP contribution is -2.30. The molecule has 2 heterocycles. The van der Waals surface area contributed by atoms with E-state index in [2.05, 4.69) is 34.2 Å². The molecule has 2 aliphatic carbocycles. The highest BCUT2D eigenvalue weighted by Crippen LogP contribution is 2.41. The van der Waals surface area contributed by atoms with E-state index in [0.29, 0.717) is 58.4 Å². The van der Waals surface area contributed by atoms with Crippen LogP contribution in [0.25, 0.3) is 21.5 Å². The second-order valence-electron chi connectivity index (χ2n) is 18.7. The molecular formula is C60H62Cl2N4O6. The van der Waals surface area contributed by atoms with Crippen molar-refractivity contribution >= 4 is 44.7 Å². The van der Waals surface area contributed by atoms with Crippen LogP contribution in [-0.4, -0.2) is 36.4 Å². The van der Waals surface area contributed by atoms with Crippen molar-refractivity contribution in [1.82, 2.24) is 9.97 Å². The quantitative estimate of drug-likeness (QED) is 0.0964. The molecule has 0 saturated heterocycles. The maximum Gasteiger partial charge on any atom is 0.221 e. The van der Waals surface area contributed by atoms with Gasteiger partial charge in [0.2, 0.25) is 11.8 Å². The smallest absolute Gasteiger partial charge is 0.221 e. The number of rotatable bonds is 16. The third-order valence-corrected chi connectivity index (χ3v) is 14.6. The minimum atomic E-state index is 0.0166. The maximum absolute atomic E-state index is 6.66. The number of aromatic nitrogens is 2. The standard InChI is InChI=1S/2C30H31ClN2O3/c2*1-34-24-11-7-21(8-12-24)29(32)22-9-13-25(14-10-22)36-28-17-23-15-16-33-30(26(23)18-27(28)31)35-19-20-5-3-2-4-6-20/h2*2-8,11-12,15-18,22,25,29H,9-10,13-14,19,32H2,1H3. The molecule has 8 aromatic rings. The summed E-state index contributed by atoms with van der Waals surface area (Å²) in [5.74, 6) is 5.10. The molecule has 12 heteroatoms. The Morgan fingerprint density at radius 2 is 0.861 bits per heavy atom. The molecule has 0 radical (unpaired) electrons. The first-order valence-electron chi connectivity index (χ1n) is 24.8. The Kier molecular flexibility index (Phi) is 17.0. The highest BCUT2D eigenvalue weighted by Gasteiger charge is 2.30. The molecule has 2 atom stereocenters. The number of pyridine rings is 2. The predicted octanol–water partition coefficient (Wildman–Crippen LogP) is 14.2. The second-order valence-corrected chi connectivity index (χ2v) is 19.5. The predicted molar refractivity (Wildman–Crippen MR) is 288 cm³/mol. The molecule has 0 spiro atoms. The number of halogens is 2. The van der Waals surface area contributed by atoms with Crippen LogP contribution in [0.5, 0.6) is 34.8 Å². The van der Waals surface area contributed by atoms with Crippen molar-refractivity contribution in [3.8, 4) is 34.8 Å². The highest BCUT2D eigenvalue weighted by atomic mass is 35.5. The average Bonchev–Trinajstić information content (AvgIpc) is 3.43. The van der Waals surface area contributed by atoms with Crippen LogP contribution < -0.4 is 39.9 Å². The summed E-state index contributed by atoms with van der Waals surface area (Å²) in [7, 11) is 3.35. The fourth-order valence-corrected chi connectivity index (χ4v) is 10.3. The van der Waals surface area contributed by atoms with Gasteiger partial charge in [-0.3, -0.25) is 0 Å². The van der Waals surface area contributed by atoms with E-state index >= 15 is 0 Å². The summed E-state index contributed by atoms with van der Waals surface area (Å²) in [6, 6.07) is 47.9. The Labute approximate surface area is 432 Å². The zero-order valence-corrected chi connectivity index (χ0v) is 42.3. The van der Waals surface area contributed by atoms with E-state index < -0.39 is 0 Å². The number of ether oxygens (including phenoxy) is 6. The van der Waals surface area contributed by atoms with Gasteiger partial charge < -0.3 is 39.9 Å². The van der Waals surface area contributed by atoms with E-state index in [4.69, 9.17) is 63.1 Å². The molecule has 2 aliphatic rings. The van der Waals surface area contributed by atoms with Gasteiger partial charge in [-0.05, 0) is 157 Å². The van der Waals surface area contributed by atoms with Crippen molar-refractivity contribution in [2.75, 3.05) is 14.2 Å². The van der Waals surface area contributed by atoms with Crippen LogP contribution in [0, 0.1) is 11.8 Å². The van der Waals surface area contributed by atoms with Crippen molar-refractivity contribution in [2.24, 2.45) is 23.3 Å². The summed E-state index contributed by atoms with van der Waals surface area (Å²) in [4.78, 5) is 8.85. The van der Waals surface area contributed by atoms with Crippen molar-refractivity contribution in [2.45, 2.75) is 88.9 Å². The van der Waals surface area contributed by atoms with E-state index in [1.54, 1.807) is 26.6 Å². The molecule has 2 unspecified atom stereocenters. The Balaban J connectivity index is 0.000000178. The molecule has 10 nitrogen and oxygen atoms in total. The fourth-order valence-electron chi connectivity index (χ4n) is 9.84. The molecule has 72 heavy (non-hydrogen) atoms. The lowest BCUT2D eigenvalue weighted by molar-refractivity contribution is 0.123. The van der Waals surface area contributed by atoms with Crippen molar-refractivity contribution in [3.63, 3.8) is 0 Å². The third kappa shape index (κ3) is 12.7. The molecule has 372 valence electrons. The van der Waals surface area contributed by atoms with Crippen LogP contribution in [0.3, 0.4) is 0 Å². The largest absolute Gasteiger partial charge is 0.497 e. The molecule has 0 bridgehead atoms. The molecule has 0 aliphatic heterocycles. The lowest BCUT2D eigenvalue weighted by atomic mass is 9.80. The third-order valence-electron chi connectivity index (χ3n) is 14.0. The van der Waals surface area contributed by atoms with Crippen LogP contribution in [0.2, 0.25) is 10.0 Å². The van der Waals surface area contributed by atoms with E-state index in [1.165, 1.54) is 0 Å². The van der Waals surface area contributed by atoms with E-state index in [-0.39, 0.29) is 24.3 Å². The highest BCUT2D eigenvalue weighted by molar-refractivity contribution is 6.33. The van der Waals surface area contributed by atoms with Gasteiger partial charge in [-0.15, -0.1) is 0 Å². The minimum absolute atomic E-state index is 0.0166.